The molecule has 2 rings (SSSR count). The second-order valence-corrected chi connectivity index (χ2v) is 5.65. The van der Waals surface area contributed by atoms with Crippen molar-refractivity contribution in [1.82, 2.24) is 4.68 Å². The molecule has 0 fully saturated rings. The van der Waals surface area contributed by atoms with E-state index in [0.717, 1.165) is 0 Å². The predicted octanol–water partition coefficient (Wildman–Crippen LogP) is 1.26. The van der Waals surface area contributed by atoms with Gasteiger partial charge in [0.25, 0.3) is 0 Å². The minimum Gasteiger partial charge on any atom is -0.478 e. The molecule has 7 heteroatoms. The topological polar surface area (TPSA) is 88.4 Å². The number of carboxylic acids is 1. The van der Waals surface area contributed by atoms with Gasteiger partial charge in [0.15, 0.2) is 0 Å². The first kappa shape index (κ1) is 13.2. The minimum absolute atomic E-state index is 0.0636. The Morgan fingerprint density at radius 3 is 2.53 bits per heavy atom. The number of nitrogens with one attached hydrogen (secondary N) is 1. The second kappa shape index (κ2) is 5.15. The molecule has 0 saturated heterocycles. The Balaban J connectivity index is 2.16. The molecule has 100 valence electrons. The monoisotopic (exact) mass is 280 g/mol. The van der Waals surface area contributed by atoms with Crippen LogP contribution >= 0.6 is 0 Å². The first-order valence-corrected chi connectivity index (χ1v) is 7.07. The van der Waals surface area contributed by atoms with Gasteiger partial charge in [0.05, 0.1) is 11.3 Å². The van der Waals surface area contributed by atoms with E-state index in [1.807, 2.05) is 0 Å². The lowest BCUT2D eigenvalue weighted by Gasteiger charge is -2.09. The molecule has 1 aromatic carbocycles. The summed E-state index contributed by atoms with van der Waals surface area (Å²) in [7, 11) is -3.58. The van der Waals surface area contributed by atoms with Crippen molar-refractivity contribution >= 4 is 16.0 Å². The van der Waals surface area contributed by atoms with E-state index < -0.39 is 16.0 Å². The van der Waals surface area contributed by atoms with Crippen molar-refractivity contribution in [2.75, 3.05) is 4.83 Å². The molecular weight excluding hydrogens is 268 g/mol. The average Bonchev–Trinajstić information content (AvgIpc) is 2.80. The zero-order valence-electron chi connectivity index (χ0n) is 9.85. The molecule has 0 aliphatic heterocycles. The molecule has 0 aliphatic carbocycles. The summed E-state index contributed by atoms with van der Waals surface area (Å²) >= 11 is 0. The van der Waals surface area contributed by atoms with Gasteiger partial charge in [-0.15, -0.1) is 0 Å². The van der Waals surface area contributed by atoms with Gasteiger partial charge in [-0.05, 0) is 29.8 Å². The summed E-state index contributed by atoms with van der Waals surface area (Å²) in [4.78, 5) is 13.1. The highest BCUT2D eigenvalue weighted by atomic mass is 32.2. The number of nitrogens with zero attached hydrogens (tertiary/aromatic N) is 1. The van der Waals surface area contributed by atoms with Crippen LogP contribution in [-0.4, -0.2) is 24.2 Å². The van der Waals surface area contributed by atoms with Crippen molar-refractivity contribution in [2.24, 2.45) is 0 Å². The van der Waals surface area contributed by atoms with Gasteiger partial charge in [-0.3, -0.25) is 4.68 Å². The van der Waals surface area contributed by atoms with Gasteiger partial charge in [0, 0.05) is 12.4 Å². The lowest BCUT2D eigenvalue weighted by molar-refractivity contribution is 0.0696. The summed E-state index contributed by atoms with van der Waals surface area (Å²) in [5, 5.41) is 8.85. The molecule has 2 aromatic rings. The maximum absolute atomic E-state index is 11.9. The Labute approximate surface area is 110 Å². The molecular formula is C12H12N2O4S. The zero-order chi connectivity index (χ0) is 13.9. The van der Waals surface area contributed by atoms with Crippen molar-refractivity contribution in [3.8, 4) is 0 Å². The molecule has 19 heavy (non-hydrogen) atoms. The lowest BCUT2D eigenvalue weighted by atomic mass is 10.1. The van der Waals surface area contributed by atoms with E-state index in [1.165, 1.54) is 22.9 Å². The summed E-state index contributed by atoms with van der Waals surface area (Å²) in [5.74, 6) is -1.37. The first-order valence-electron chi connectivity index (χ1n) is 5.42. The molecule has 1 heterocycles. The van der Waals surface area contributed by atoms with Crippen molar-refractivity contribution in [2.45, 2.75) is 5.75 Å². The van der Waals surface area contributed by atoms with Crippen LogP contribution in [0.1, 0.15) is 15.9 Å². The van der Waals surface area contributed by atoms with Crippen LogP contribution in [-0.2, 0) is 15.8 Å². The molecule has 0 spiro atoms. The molecule has 0 atom stereocenters. The first-order chi connectivity index (χ1) is 8.96. The van der Waals surface area contributed by atoms with Crippen LogP contribution in [0.4, 0.5) is 0 Å². The van der Waals surface area contributed by atoms with E-state index in [-0.39, 0.29) is 11.3 Å². The van der Waals surface area contributed by atoms with Gasteiger partial charge in [-0.1, -0.05) is 12.1 Å². The highest BCUT2D eigenvalue weighted by Crippen LogP contribution is 2.09. The number of hydrogen-bond acceptors (Lipinski definition) is 3. The van der Waals surface area contributed by atoms with Crippen molar-refractivity contribution in [1.29, 1.82) is 0 Å². The number of benzene rings is 1. The molecule has 0 bridgehead atoms. The van der Waals surface area contributed by atoms with Crippen LogP contribution in [0.2, 0.25) is 0 Å². The highest BCUT2D eigenvalue weighted by Gasteiger charge is 2.12. The third-order valence-electron chi connectivity index (χ3n) is 2.38. The fourth-order valence-corrected chi connectivity index (χ4v) is 2.73. The van der Waals surface area contributed by atoms with Crippen LogP contribution in [0, 0.1) is 0 Å². The molecule has 2 N–H and O–H groups in total. The Hall–Kier alpha value is -2.28. The maximum atomic E-state index is 11.9. The number of aromatic carboxylic acids is 1. The quantitative estimate of drug-likeness (QED) is 0.863. The van der Waals surface area contributed by atoms with E-state index in [1.54, 1.807) is 30.6 Å². The molecule has 1 aromatic heterocycles. The van der Waals surface area contributed by atoms with Crippen LogP contribution < -0.4 is 4.83 Å². The number of sulfonamides is 1. The Morgan fingerprint density at radius 2 is 1.89 bits per heavy atom. The standard InChI is InChI=1S/C12H12N2O4S/c15-12(16)11-5-3-4-10(8-11)9-19(17,18)13-14-6-1-2-7-14/h1-8,13H,9H2,(H,15,16). The smallest absolute Gasteiger partial charge is 0.335 e. The number of carboxylic acid groups (broad SMARTS) is 1. The molecule has 0 aliphatic rings. The predicted molar refractivity (Wildman–Crippen MR) is 69.8 cm³/mol. The zero-order valence-corrected chi connectivity index (χ0v) is 10.7. The summed E-state index contributed by atoms with van der Waals surface area (Å²) in [6.45, 7) is 0. The van der Waals surface area contributed by atoms with Crippen molar-refractivity contribution in [3.05, 3.63) is 59.9 Å². The van der Waals surface area contributed by atoms with E-state index in [9.17, 15) is 13.2 Å². The van der Waals surface area contributed by atoms with Crippen LogP contribution in [0.5, 0.6) is 0 Å². The molecule has 0 amide bonds. The number of hydrogen-bond donors (Lipinski definition) is 2. The van der Waals surface area contributed by atoms with Crippen molar-refractivity contribution in [3.63, 3.8) is 0 Å². The van der Waals surface area contributed by atoms with Gasteiger partial charge < -0.3 is 5.11 Å². The fraction of sp³-hybridized carbons (Fsp3) is 0.0833. The number of aromatic nitrogens is 1. The fourth-order valence-electron chi connectivity index (χ4n) is 1.60. The van der Waals surface area contributed by atoms with E-state index in [0.29, 0.717) is 5.56 Å². The Bertz CT molecular complexity index is 678. The Kier molecular flexibility index (Phi) is 3.57. The number of carbonyl (C=O) groups is 1. The molecule has 0 saturated carbocycles. The summed E-state index contributed by atoms with van der Waals surface area (Å²) in [5.41, 5.74) is 0.480. The van der Waals surface area contributed by atoms with Gasteiger partial charge in [0.1, 0.15) is 0 Å². The molecule has 6 nitrogen and oxygen atoms in total. The van der Waals surface area contributed by atoms with Gasteiger partial charge in [-0.25, -0.2) is 18.0 Å². The summed E-state index contributed by atoms with van der Waals surface area (Å²) < 4.78 is 25.1. The third kappa shape index (κ3) is 3.59. The van der Waals surface area contributed by atoms with Crippen LogP contribution in [0.15, 0.2) is 48.8 Å². The van der Waals surface area contributed by atoms with E-state index in [2.05, 4.69) is 4.83 Å². The van der Waals surface area contributed by atoms with Gasteiger partial charge >= 0.3 is 5.97 Å². The normalized spacial score (nSPS) is 11.2. The van der Waals surface area contributed by atoms with Crippen molar-refractivity contribution < 1.29 is 18.3 Å². The molecule has 0 unspecified atom stereocenters. The van der Waals surface area contributed by atoms with Gasteiger partial charge in [-0.2, -0.15) is 0 Å². The third-order valence-corrected chi connectivity index (χ3v) is 3.58. The molecule has 0 radical (unpaired) electrons. The minimum atomic E-state index is -3.58. The average molecular weight is 280 g/mol. The number of rotatable bonds is 5. The lowest BCUT2D eigenvalue weighted by Crippen LogP contribution is -2.23. The largest absolute Gasteiger partial charge is 0.478 e. The maximum Gasteiger partial charge on any atom is 0.335 e. The second-order valence-electron chi connectivity index (χ2n) is 3.95. The SMILES string of the molecule is O=C(O)c1cccc(CS(=O)(=O)Nn2cccc2)c1. The highest BCUT2D eigenvalue weighted by molar-refractivity contribution is 7.91. The Morgan fingerprint density at radius 1 is 1.21 bits per heavy atom. The van der Waals surface area contributed by atoms with Crippen LogP contribution in [0.25, 0.3) is 0 Å². The summed E-state index contributed by atoms with van der Waals surface area (Å²) in [6, 6.07) is 9.22. The van der Waals surface area contributed by atoms with E-state index >= 15 is 0 Å². The van der Waals surface area contributed by atoms with Crippen LogP contribution in [0.3, 0.4) is 0 Å². The van der Waals surface area contributed by atoms with E-state index in [4.69, 9.17) is 5.11 Å². The summed E-state index contributed by atoms with van der Waals surface area (Å²) in [6.07, 6.45) is 3.12. The van der Waals surface area contributed by atoms with Gasteiger partial charge in [0.2, 0.25) is 10.0 Å².